The molecule has 0 spiro atoms. The fourth-order valence-electron chi connectivity index (χ4n) is 4.26. The van der Waals surface area contributed by atoms with Crippen LogP contribution in [0.25, 0.3) is 0 Å². The minimum atomic E-state index is -0.170. The van der Waals surface area contributed by atoms with Crippen molar-refractivity contribution in [2.24, 2.45) is 0 Å². The van der Waals surface area contributed by atoms with Crippen molar-refractivity contribution >= 4 is 28.9 Å². The molecule has 184 valence electrons. The van der Waals surface area contributed by atoms with E-state index in [-0.39, 0.29) is 12.5 Å². The molecule has 1 aliphatic rings. The van der Waals surface area contributed by atoms with Crippen LogP contribution in [0.4, 0.5) is 11.4 Å². The van der Waals surface area contributed by atoms with Gasteiger partial charge in [0.25, 0.3) is 5.91 Å². The number of benzene rings is 3. The van der Waals surface area contributed by atoms with Gasteiger partial charge in [0.1, 0.15) is 5.75 Å². The predicted octanol–water partition coefficient (Wildman–Crippen LogP) is 6.19. The number of nitrogens with one attached hydrogen (secondary N) is 1. The summed E-state index contributed by atoms with van der Waals surface area (Å²) in [6.07, 6.45) is 1.10. The van der Waals surface area contributed by atoms with Crippen molar-refractivity contribution in [2.45, 2.75) is 32.7 Å². The maximum atomic E-state index is 12.3. The number of amides is 1. The van der Waals surface area contributed by atoms with Crippen LogP contribution in [0.15, 0.2) is 72.8 Å². The first-order valence-corrected chi connectivity index (χ1v) is 12.7. The zero-order chi connectivity index (χ0) is 24.6. The Morgan fingerprint density at radius 2 is 1.66 bits per heavy atom. The van der Waals surface area contributed by atoms with Gasteiger partial charge >= 0.3 is 0 Å². The average molecular weight is 492 g/mol. The number of carbonyl (C=O) groups is 1. The highest BCUT2D eigenvalue weighted by molar-refractivity contribution is 6.31. The third-order valence-corrected chi connectivity index (χ3v) is 7.04. The average Bonchev–Trinajstić information content (AvgIpc) is 2.89. The quantitative estimate of drug-likeness (QED) is 0.387. The molecule has 0 bridgehead atoms. The fraction of sp³-hybridized carbons (Fsp3) is 0.345. The summed E-state index contributed by atoms with van der Waals surface area (Å²) in [5.74, 6) is 1.06. The van der Waals surface area contributed by atoms with Crippen molar-refractivity contribution in [1.82, 2.24) is 4.90 Å². The standard InChI is InChI=1S/C29H34ClN3O2/c1-3-22(2)23-8-14-27(15-9-23)35-21-29(34)31-25-10-12-26(13-11-25)33-18-16-32(17-19-33)20-24-6-4-5-7-28(24)30/h4-15,22H,3,16-21H2,1-2H3,(H,31,34)/t22-/m1/s1. The lowest BCUT2D eigenvalue weighted by Crippen LogP contribution is -2.46. The van der Waals surface area contributed by atoms with E-state index in [1.165, 1.54) is 11.1 Å². The van der Waals surface area contributed by atoms with Crippen molar-refractivity contribution in [2.75, 3.05) is 43.0 Å². The highest BCUT2D eigenvalue weighted by Gasteiger charge is 2.18. The van der Waals surface area contributed by atoms with Gasteiger partial charge in [-0.05, 0) is 65.9 Å². The summed E-state index contributed by atoms with van der Waals surface area (Å²) in [5.41, 5.74) is 4.39. The third-order valence-electron chi connectivity index (χ3n) is 6.67. The fourth-order valence-corrected chi connectivity index (χ4v) is 4.46. The maximum absolute atomic E-state index is 12.3. The Morgan fingerprint density at radius 1 is 0.971 bits per heavy atom. The Bertz CT molecular complexity index is 1090. The molecular formula is C29H34ClN3O2. The van der Waals surface area contributed by atoms with E-state index in [1.807, 2.05) is 42.5 Å². The van der Waals surface area contributed by atoms with Crippen LogP contribution in [0, 0.1) is 0 Å². The monoisotopic (exact) mass is 491 g/mol. The summed E-state index contributed by atoms with van der Waals surface area (Å²) in [6, 6.07) is 24.1. The number of hydrogen-bond acceptors (Lipinski definition) is 4. The van der Waals surface area contributed by atoms with Gasteiger partial charge < -0.3 is 15.0 Å². The molecule has 4 rings (SSSR count). The lowest BCUT2D eigenvalue weighted by molar-refractivity contribution is -0.118. The van der Waals surface area contributed by atoms with Gasteiger partial charge in [0, 0.05) is 49.1 Å². The van der Waals surface area contributed by atoms with Crippen LogP contribution in [-0.2, 0) is 11.3 Å². The first-order valence-electron chi connectivity index (χ1n) is 12.3. The minimum Gasteiger partial charge on any atom is -0.484 e. The molecule has 0 aliphatic carbocycles. The Kier molecular flexibility index (Phi) is 8.67. The summed E-state index contributed by atoms with van der Waals surface area (Å²) < 4.78 is 5.65. The van der Waals surface area contributed by atoms with Crippen LogP contribution in [0.3, 0.4) is 0 Å². The highest BCUT2D eigenvalue weighted by Crippen LogP contribution is 2.23. The second-order valence-corrected chi connectivity index (χ2v) is 9.52. The molecule has 1 saturated heterocycles. The van der Waals surface area contributed by atoms with Crippen molar-refractivity contribution in [3.63, 3.8) is 0 Å². The van der Waals surface area contributed by atoms with Crippen molar-refractivity contribution < 1.29 is 9.53 Å². The molecular weight excluding hydrogens is 458 g/mol. The van der Waals surface area contributed by atoms with Gasteiger partial charge in [0.05, 0.1) is 0 Å². The lowest BCUT2D eigenvalue weighted by atomic mass is 9.99. The second-order valence-electron chi connectivity index (χ2n) is 9.12. The highest BCUT2D eigenvalue weighted by atomic mass is 35.5. The van der Waals surface area contributed by atoms with E-state index in [9.17, 15) is 4.79 Å². The molecule has 35 heavy (non-hydrogen) atoms. The van der Waals surface area contributed by atoms with Crippen LogP contribution in [0.1, 0.15) is 37.3 Å². The summed E-state index contributed by atoms with van der Waals surface area (Å²) >= 11 is 6.32. The number of piperazine rings is 1. The zero-order valence-corrected chi connectivity index (χ0v) is 21.3. The Balaban J connectivity index is 1.22. The van der Waals surface area contributed by atoms with Crippen LogP contribution < -0.4 is 15.0 Å². The maximum Gasteiger partial charge on any atom is 0.262 e. The van der Waals surface area contributed by atoms with Gasteiger partial charge in [-0.3, -0.25) is 9.69 Å². The van der Waals surface area contributed by atoms with Gasteiger partial charge in [0.15, 0.2) is 6.61 Å². The van der Waals surface area contributed by atoms with Crippen molar-refractivity contribution in [1.29, 1.82) is 0 Å². The predicted molar refractivity (Wildman–Crippen MR) is 145 cm³/mol. The van der Waals surface area contributed by atoms with E-state index in [1.54, 1.807) is 0 Å². The molecule has 1 atom stereocenters. The summed E-state index contributed by atoms with van der Waals surface area (Å²) in [6.45, 7) is 9.13. The van der Waals surface area contributed by atoms with Crippen molar-refractivity contribution in [3.8, 4) is 5.75 Å². The van der Waals surface area contributed by atoms with Crippen LogP contribution in [-0.4, -0.2) is 43.6 Å². The number of carbonyl (C=O) groups excluding carboxylic acids is 1. The topological polar surface area (TPSA) is 44.8 Å². The smallest absolute Gasteiger partial charge is 0.262 e. The zero-order valence-electron chi connectivity index (χ0n) is 20.5. The first-order chi connectivity index (χ1) is 17.0. The number of hydrogen-bond donors (Lipinski definition) is 1. The molecule has 1 N–H and O–H groups in total. The number of anilines is 2. The van der Waals surface area contributed by atoms with E-state index in [0.29, 0.717) is 11.7 Å². The largest absolute Gasteiger partial charge is 0.484 e. The SMILES string of the molecule is CC[C@@H](C)c1ccc(OCC(=O)Nc2ccc(N3CCN(Cc4ccccc4Cl)CC3)cc2)cc1. The Hall–Kier alpha value is -3.02. The van der Waals surface area contributed by atoms with Crippen LogP contribution in [0.5, 0.6) is 5.75 Å². The molecule has 1 amide bonds. The Morgan fingerprint density at radius 3 is 2.31 bits per heavy atom. The second kappa shape index (κ2) is 12.1. The molecule has 0 aromatic heterocycles. The molecule has 3 aromatic carbocycles. The molecule has 1 aliphatic heterocycles. The number of nitrogens with zero attached hydrogens (tertiary/aromatic N) is 2. The molecule has 0 radical (unpaired) electrons. The molecule has 1 heterocycles. The van der Waals surface area contributed by atoms with Gasteiger partial charge in [0.2, 0.25) is 0 Å². The third kappa shape index (κ3) is 7.00. The van der Waals surface area contributed by atoms with Crippen LogP contribution in [0.2, 0.25) is 5.02 Å². The van der Waals surface area contributed by atoms with Gasteiger partial charge in [-0.25, -0.2) is 0 Å². The molecule has 1 fully saturated rings. The first kappa shape index (κ1) is 25.1. The summed E-state index contributed by atoms with van der Waals surface area (Å²) in [4.78, 5) is 17.2. The lowest BCUT2D eigenvalue weighted by Gasteiger charge is -2.36. The molecule has 0 unspecified atom stereocenters. The molecule has 0 saturated carbocycles. The number of halogens is 1. The van der Waals surface area contributed by atoms with E-state index in [2.05, 4.69) is 59.3 Å². The van der Waals surface area contributed by atoms with E-state index in [0.717, 1.165) is 55.5 Å². The number of ether oxygens (including phenoxy) is 1. The van der Waals surface area contributed by atoms with E-state index in [4.69, 9.17) is 16.3 Å². The van der Waals surface area contributed by atoms with Crippen molar-refractivity contribution in [3.05, 3.63) is 88.9 Å². The number of rotatable bonds is 9. The molecule has 6 heteroatoms. The minimum absolute atomic E-state index is 0.0161. The van der Waals surface area contributed by atoms with E-state index >= 15 is 0 Å². The van der Waals surface area contributed by atoms with Crippen LogP contribution >= 0.6 is 11.6 Å². The van der Waals surface area contributed by atoms with Gasteiger partial charge in [-0.2, -0.15) is 0 Å². The normalized spacial score (nSPS) is 15.0. The van der Waals surface area contributed by atoms with Gasteiger partial charge in [-0.15, -0.1) is 0 Å². The van der Waals surface area contributed by atoms with Gasteiger partial charge in [-0.1, -0.05) is 55.8 Å². The Labute approximate surface area is 213 Å². The molecule has 5 nitrogen and oxygen atoms in total. The molecule has 3 aromatic rings. The summed E-state index contributed by atoms with van der Waals surface area (Å²) in [5, 5.41) is 3.75. The van der Waals surface area contributed by atoms with E-state index < -0.39 is 0 Å². The summed E-state index contributed by atoms with van der Waals surface area (Å²) in [7, 11) is 0.